The summed E-state index contributed by atoms with van der Waals surface area (Å²) >= 11 is 0. The number of unbranched alkanes of at least 4 members (excludes halogenated alkanes) is 36. The first kappa shape index (κ1) is 53.5. The molecule has 0 heterocycles. The minimum absolute atomic E-state index is 1.25. The van der Waals surface area contributed by atoms with E-state index in [1.165, 1.54) is 293 Å². The molecule has 4 nitrogen and oxygen atoms in total. The third-order valence-electron chi connectivity index (χ3n) is 11.9. The fourth-order valence-electron chi connectivity index (χ4n) is 8.41. The summed E-state index contributed by atoms with van der Waals surface area (Å²) in [6.45, 7) is 15.3. The Balaban J connectivity index is 0. The average Bonchev–Trinajstić information content (AvgIpc) is 3.15. The van der Waals surface area contributed by atoms with Crippen molar-refractivity contribution in [1.29, 1.82) is 0 Å². The Labute approximate surface area is 329 Å². The topological polar surface area (TPSA) is 49.7 Å². The summed E-state index contributed by atoms with van der Waals surface area (Å²) in [7, 11) is 0. The Morgan fingerprint density at radius 3 is 0.519 bits per heavy atom. The van der Waals surface area contributed by atoms with Crippen molar-refractivity contribution in [3.05, 3.63) is 4.91 Å². The highest BCUT2D eigenvalue weighted by Gasteiger charge is 2.25. The highest BCUT2D eigenvalue weighted by Crippen LogP contribution is 2.22. The van der Waals surface area contributed by atoms with E-state index in [1.54, 1.807) is 0 Å². The molecule has 0 aromatic carbocycles. The summed E-state index contributed by atoms with van der Waals surface area (Å²) in [6, 6.07) is 0. The van der Waals surface area contributed by atoms with Crippen LogP contribution in [0.5, 0.6) is 0 Å². The lowest BCUT2D eigenvalue weighted by Gasteiger charge is -2.40. The van der Waals surface area contributed by atoms with Gasteiger partial charge in [0.05, 0.1) is 26.2 Å². The Morgan fingerprint density at radius 2 is 0.385 bits per heavy atom. The standard InChI is InChI=1S/C48H100N.HNO2/c1-5-9-13-17-21-25-29-33-37-41-45-49(46-42-38-34-30-26-22-18-14-10-6-2,47-43-39-35-31-27-23-19-15-11-7-3)48-44-40-36-32-28-24-20-16-12-8-4;2-1-3/h5-48H2,1-4H3;(H,2,3)/q+1;. The van der Waals surface area contributed by atoms with Gasteiger partial charge < -0.3 is 9.69 Å². The van der Waals surface area contributed by atoms with Gasteiger partial charge in [-0.1, -0.05) is 233 Å². The molecule has 0 aliphatic rings. The van der Waals surface area contributed by atoms with E-state index in [0.717, 1.165) is 0 Å². The minimum Gasteiger partial charge on any atom is -0.379 e. The van der Waals surface area contributed by atoms with Gasteiger partial charge in [0, 0.05) is 0 Å². The molecule has 0 aromatic heterocycles. The molecule has 0 fully saturated rings. The molecule has 0 unspecified atom stereocenters. The van der Waals surface area contributed by atoms with Crippen LogP contribution in [0.2, 0.25) is 0 Å². The third kappa shape index (κ3) is 43.8. The SMILES string of the molecule is CCCCCCCCCCCC[N+](CCCCCCCCCCCC)(CCCCCCCCCCCC)CCCCCCCCCCCC.O=NO. The summed E-state index contributed by atoms with van der Waals surface area (Å²) in [5.74, 6) is 0. The Kier molecular flexibility index (Phi) is 49.7. The first-order chi connectivity index (χ1) is 25.7. The number of hydrogen-bond donors (Lipinski definition) is 1. The summed E-state index contributed by atoms with van der Waals surface area (Å²) in [6.07, 6.45) is 58.7. The van der Waals surface area contributed by atoms with Crippen LogP contribution in [0.25, 0.3) is 0 Å². The summed E-state index contributed by atoms with van der Waals surface area (Å²) < 4.78 is 1.49. The quantitative estimate of drug-likeness (QED) is 0.0293. The van der Waals surface area contributed by atoms with Crippen LogP contribution in [0.15, 0.2) is 5.34 Å². The van der Waals surface area contributed by atoms with Gasteiger partial charge in [0.25, 0.3) is 0 Å². The van der Waals surface area contributed by atoms with Crippen molar-refractivity contribution >= 4 is 0 Å². The second kappa shape index (κ2) is 48.4. The normalized spacial score (nSPS) is 11.5. The molecule has 0 radical (unpaired) electrons. The monoisotopic (exact) mass is 738 g/mol. The molecule has 0 aliphatic carbocycles. The molecule has 0 saturated heterocycles. The summed E-state index contributed by atoms with van der Waals surface area (Å²) in [5, 5.41) is 7.89. The van der Waals surface area contributed by atoms with Gasteiger partial charge in [0.2, 0.25) is 0 Å². The smallest absolute Gasteiger partial charge is 0.152 e. The fourth-order valence-corrected chi connectivity index (χ4v) is 8.41. The maximum atomic E-state index is 8.11. The lowest BCUT2D eigenvalue weighted by Crippen LogP contribution is -2.50. The van der Waals surface area contributed by atoms with Crippen molar-refractivity contribution in [2.75, 3.05) is 26.2 Å². The molecule has 314 valence electrons. The first-order valence-corrected chi connectivity index (χ1v) is 24.5. The lowest BCUT2D eigenvalue weighted by molar-refractivity contribution is -0.929. The molecule has 52 heavy (non-hydrogen) atoms. The lowest BCUT2D eigenvalue weighted by atomic mass is 10.0. The van der Waals surface area contributed by atoms with Gasteiger partial charge in [-0.25, -0.2) is 0 Å². The van der Waals surface area contributed by atoms with E-state index >= 15 is 0 Å². The van der Waals surface area contributed by atoms with E-state index in [2.05, 4.69) is 27.7 Å². The van der Waals surface area contributed by atoms with Gasteiger partial charge in [-0.2, -0.15) is 0 Å². The minimum atomic E-state index is 1.25. The van der Waals surface area contributed by atoms with Gasteiger partial charge in [-0.15, -0.1) is 4.91 Å². The molecule has 1 N–H and O–H groups in total. The van der Waals surface area contributed by atoms with E-state index < -0.39 is 0 Å². The highest BCUT2D eigenvalue weighted by atomic mass is 16.6. The van der Waals surface area contributed by atoms with Crippen molar-refractivity contribution in [2.45, 2.75) is 285 Å². The Bertz CT molecular complexity index is 526. The van der Waals surface area contributed by atoms with Crippen LogP contribution < -0.4 is 0 Å². The van der Waals surface area contributed by atoms with Crippen LogP contribution in [0.1, 0.15) is 285 Å². The number of hydrogen-bond acceptors (Lipinski definition) is 2. The van der Waals surface area contributed by atoms with Crippen molar-refractivity contribution < 1.29 is 9.69 Å². The molecule has 0 aromatic rings. The van der Waals surface area contributed by atoms with Gasteiger partial charge in [0.15, 0.2) is 5.34 Å². The Morgan fingerprint density at radius 1 is 0.269 bits per heavy atom. The highest BCUT2D eigenvalue weighted by molar-refractivity contribution is 4.56. The molecule has 0 spiro atoms. The van der Waals surface area contributed by atoms with E-state index in [0.29, 0.717) is 0 Å². The van der Waals surface area contributed by atoms with Gasteiger partial charge >= 0.3 is 0 Å². The second-order valence-electron chi connectivity index (χ2n) is 17.0. The maximum absolute atomic E-state index is 8.11. The summed E-state index contributed by atoms with van der Waals surface area (Å²) in [4.78, 5) is 8.11. The van der Waals surface area contributed by atoms with Gasteiger partial charge in [0.1, 0.15) is 0 Å². The predicted molar refractivity (Wildman–Crippen MR) is 235 cm³/mol. The predicted octanol–water partition coefficient (Wildman–Crippen LogP) is 17.6. The number of quaternary nitrogens is 1. The van der Waals surface area contributed by atoms with Crippen LogP contribution in [-0.2, 0) is 0 Å². The first-order valence-electron chi connectivity index (χ1n) is 24.5. The molecule has 0 saturated carbocycles. The van der Waals surface area contributed by atoms with Crippen LogP contribution in [0.3, 0.4) is 0 Å². The Hall–Kier alpha value is -0.640. The van der Waals surface area contributed by atoms with E-state index in [4.69, 9.17) is 10.1 Å². The molecular weight excluding hydrogens is 637 g/mol. The van der Waals surface area contributed by atoms with Crippen molar-refractivity contribution in [3.63, 3.8) is 0 Å². The zero-order valence-corrected chi connectivity index (χ0v) is 36.9. The van der Waals surface area contributed by atoms with E-state index in [9.17, 15) is 0 Å². The zero-order valence-electron chi connectivity index (χ0n) is 36.9. The van der Waals surface area contributed by atoms with Crippen molar-refractivity contribution in [3.8, 4) is 0 Å². The van der Waals surface area contributed by atoms with Gasteiger partial charge in [-0.05, 0) is 51.4 Å². The van der Waals surface area contributed by atoms with Crippen molar-refractivity contribution in [1.82, 2.24) is 0 Å². The molecule has 0 atom stereocenters. The number of rotatable bonds is 44. The average molecular weight is 738 g/mol. The zero-order chi connectivity index (χ0) is 38.3. The van der Waals surface area contributed by atoms with Crippen LogP contribution in [0, 0.1) is 4.91 Å². The molecule has 0 amide bonds. The number of nitrogens with zero attached hydrogens (tertiary/aromatic N) is 2. The molecule has 4 heteroatoms. The van der Waals surface area contributed by atoms with Crippen LogP contribution in [0.4, 0.5) is 0 Å². The van der Waals surface area contributed by atoms with Gasteiger partial charge in [-0.3, -0.25) is 0 Å². The van der Waals surface area contributed by atoms with E-state index in [-0.39, 0.29) is 0 Å². The molecule has 0 bridgehead atoms. The largest absolute Gasteiger partial charge is 0.379 e. The van der Waals surface area contributed by atoms with Crippen LogP contribution in [-0.4, -0.2) is 35.9 Å². The second-order valence-corrected chi connectivity index (χ2v) is 17.0. The molecule has 0 aliphatic heterocycles. The summed E-state index contributed by atoms with van der Waals surface area (Å²) in [5.41, 5.74) is 0. The van der Waals surface area contributed by atoms with Crippen molar-refractivity contribution in [2.24, 2.45) is 5.34 Å². The third-order valence-corrected chi connectivity index (χ3v) is 11.9. The molecule has 0 rings (SSSR count). The maximum Gasteiger partial charge on any atom is 0.152 e. The van der Waals surface area contributed by atoms with Crippen LogP contribution >= 0.6 is 0 Å². The fraction of sp³-hybridized carbons (Fsp3) is 1.00. The molecular formula is C48H101N2O2+. The van der Waals surface area contributed by atoms with E-state index in [1.807, 2.05) is 0 Å².